The standard InChI is InChI=1S/C10H18/c1-5-8(4)10-6-9(10)7(2)3/h8-10H,2,5-6H2,1,3-4H3. The first kappa shape index (κ1) is 7.84. The molecule has 0 aliphatic heterocycles. The summed E-state index contributed by atoms with van der Waals surface area (Å²) in [7, 11) is 0. The van der Waals surface area contributed by atoms with Gasteiger partial charge in [0.2, 0.25) is 0 Å². The summed E-state index contributed by atoms with van der Waals surface area (Å²) in [4.78, 5) is 0. The minimum atomic E-state index is 0.870. The summed E-state index contributed by atoms with van der Waals surface area (Å²) in [5.74, 6) is 2.76. The van der Waals surface area contributed by atoms with Gasteiger partial charge in [0.05, 0.1) is 0 Å². The van der Waals surface area contributed by atoms with Crippen LogP contribution in [0.3, 0.4) is 0 Å². The zero-order valence-electron chi connectivity index (χ0n) is 7.35. The van der Waals surface area contributed by atoms with Gasteiger partial charge in [-0.2, -0.15) is 0 Å². The van der Waals surface area contributed by atoms with Crippen LogP contribution in [0.15, 0.2) is 12.2 Å². The summed E-state index contributed by atoms with van der Waals surface area (Å²) in [5.41, 5.74) is 1.39. The fraction of sp³-hybridized carbons (Fsp3) is 0.800. The molecule has 3 unspecified atom stereocenters. The second-order valence-electron chi connectivity index (χ2n) is 3.74. The summed E-state index contributed by atoms with van der Waals surface area (Å²) in [6.45, 7) is 10.8. The van der Waals surface area contributed by atoms with Gasteiger partial charge in [-0.05, 0) is 31.1 Å². The van der Waals surface area contributed by atoms with Gasteiger partial charge in [-0.15, -0.1) is 0 Å². The average molecular weight is 138 g/mol. The Morgan fingerprint density at radius 3 is 2.60 bits per heavy atom. The highest BCUT2D eigenvalue weighted by Crippen LogP contribution is 2.48. The molecule has 1 rings (SSSR count). The largest absolute Gasteiger partial charge is 0.0999 e. The van der Waals surface area contributed by atoms with Crippen LogP contribution >= 0.6 is 0 Å². The van der Waals surface area contributed by atoms with Crippen molar-refractivity contribution in [3.8, 4) is 0 Å². The molecule has 0 aromatic heterocycles. The molecule has 1 saturated carbocycles. The van der Waals surface area contributed by atoms with E-state index in [0.717, 1.165) is 17.8 Å². The Morgan fingerprint density at radius 1 is 1.70 bits per heavy atom. The van der Waals surface area contributed by atoms with E-state index in [2.05, 4.69) is 27.4 Å². The molecule has 0 nitrogen and oxygen atoms in total. The summed E-state index contributed by atoms with van der Waals surface area (Å²) < 4.78 is 0. The van der Waals surface area contributed by atoms with E-state index < -0.39 is 0 Å². The molecule has 0 amide bonds. The highest BCUT2D eigenvalue weighted by Gasteiger charge is 2.40. The van der Waals surface area contributed by atoms with Crippen molar-refractivity contribution in [1.29, 1.82) is 0 Å². The first-order chi connectivity index (χ1) is 4.66. The molecule has 1 aliphatic rings. The molecular formula is C10H18. The molecule has 0 saturated heterocycles. The molecule has 1 fully saturated rings. The smallest absolute Gasteiger partial charge is 0.0175 e. The predicted molar refractivity (Wildman–Crippen MR) is 45.9 cm³/mol. The average Bonchev–Trinajstić information content (AvgIpc) is 2.64. The van der Waals surface area contributed by atoms with E-state index in [0.29, 0.717) is 0 Å². The lowest BCUT2D eigenvalue weighted by molar-refractivity contribution is 0.473. The van der Waals surface area contributed by atoms with Gasteiger partial charge in [-0.3, -0.25) is 0 Å². The Bertz CT molecular complexity index is 135. The fourth-order valence-corrected chi connectivity index (χ4v) is 1.71. The fourth-order valence-electron chi connectivity index (χ4n) is 1.71. The topological polar surface area (TPSA) is 0 Å². The summed E-state index contributed by atoms with van der Waals surface area (Å²) in [6, 6.07) is 0. The second kappa shape index (κ2) is 2.77. The third-order valence-corrected chi connectivity index (χ3v) is 2.85. The Kier molecular flexibility index (Phi) is 2.18. The zero-order valence-corrected chi connectivity index (χ0v) is 7.35. The third-order valence-electron chi connectivity index (χ3n) is 2.85. The van der Waals surface area contributed by atoms with E-state index in [9.17, 15) is 0 Å². The van der Waals surface area contributed by atoms with Gasteiger partial charge in [0, 0.05) is 0 Å². The summed E-state index contributed by atoms with van der Waals surface area (Å²) >= 11 is 0. The van der Waals surface area contributed by atoms with E-state index in [-0.39, 0.29) is 0 Å². The first-order valence-corrected chi connectivity index (χ1v) is 4.32. The van der Waals surface area contributed by atoms with Crippen LogP contribution in [0.1, 0.15) is 33.6 Å². The summed E-state index contributed by atoms with van der Waals surface area (Å²) in [5, 5.41) is 0. The van der Waals surface area contributed by atoms with Crippen molar-refractivity contribution in [1.82, 2.24) is 0 Å². The van der Waals surface area contributed by atoms with Gasteiger partial charge < -0.3 is 0 Å². The second-order valence-corrected chi connectivity index (χ2v) is 3.74. The minimum absolute atomic E-state index is 0.870. The number of hydrogen-bond acceptors (Lipinski definition) is 0. The first-order valence-electron chi connectivity index (χ1n) is 4.32. The normalized spacial score (nSPS) is 33.5. The molecule has 3 atom stereocenters. The van der Waals surface area contributed by atoms with Crippen LogP contribution in [0, 0.1) is 17.8 Å². The van der Waals surface area contributed by atoms with Crippen LogP contribution in [-0.4, -0.2) is 0 Å². The van der Waals surface area contributed by atoms with Crippen LogP contribution in [0.2, 0.25) is 0 Å². The monoisotopic (exact) mass is 138 g/mol. The summed E-state index contributed by atoms with van der Waals surface area (Å²) in [6.07, 6.45) is 2.73. The number of allylic oxidation sites excluding steroid dienone is 1. The van der Waals surface area contributed by atoms with Gasteiger partial charge in [0.15, 0.2) is 0 Å². The van der Waals surface area contributed by atoms with Crippen molar-refractivity contribution in [2.24, 2.45) is 17.8 Å². The third kappa shape index (κ3) is 1.42. The van der Waals surface area contributed by atoms with Gasteiger partial charge in [0.1, 0.15) is 0 Å². The molecular weight excluding hydrogens is 120 g/mol. The van der Waals surface area contributed by atoms with E-state index in [1.807, 2.05) is 0 Å². The van der Waals surface area contributed by atoms with Crippen molar-refractivity contribution >= 4 is 0 Å². The van der Waals surface area contributed by atoms with Gasteiger partial charge >= 0.3 is 0 Å². The van der Waals surface area contributed by atoms with Gasteiger partial charge in [-0.25, -0.2) is 0 Å². The highest BCUT2D eigenvalue weighted by molar-refractivity contribution is 5.09. The highest BCUT2D eigenvalue weighted by atomic mass is 14.4. The lowest BCUT2D eigenvalue weighted by Gasteiger charge is -2.06. The Morgan fingerprint density at radius 2 is 2.30 bits per heavy atom. The lowest BCUT2D eigenvalue weighted by atomic mass is 10.00. The maximum atomic E-state index is 3.98. The van der Waals surface area contributed by atoms with Crippen LogP contribution in [0.5, 0.6) is 0 Å². The van der Waals surface area contributed by atoms with Crippen molar-refractivity contribution in [2.75, 3.05) is 0 Å². The minimum Gasteiger partial charge on any atom is -0.0999 e. The molecule has 0 N–H and O–H groups in total. The van der Waals surface area contributed by atoms with Crippen molar-refractivity contribution in [2.45, 2.75) is 33.6 Å². The SMILES string of the molecule is C=C(C)C1CC1C(C)CC. The lowest BCUT2D eigenvalue weighted by Crippen LogP contribution is -1.96. The maximum absolute atomic E-state index is 3.98. The molecule has 0 aromatic rings. The molecule has 0 bridgehead atoms. The molecule has 58 valence electrons. The number of rotatable bonds is 3. The van der Waals surface area contributed by atoms with E-state index in [1.54, 1.807) is 0 Å². The van der Waals surface area contributed by atoms with Gasteiger partial charge in [-0.1, -0.05) is 32.4 Å². The van der Waals surface area contributed by atoms with E-state index in [4.69, 9.17) is 0 Å². The number of hydrogen-bond donors (Lipinski definition) is 0. The molecule has 0 heteroatoms. The molecule has 0 heterocycles. The van der Waals surface area contributed by atoms with Crippen molar-refractivity contribution in [3.05, 3.63) is 12.2 Å². The predicted octanol–water partition coefficient (Wildman–Crippen LogP) is 3.24. The Hall–Kier alpha value is -0.260. The molecule has 0 radical (unpaired) electrons. The zero-order chi connectivity index (χ0) is 7.72. The maximum Gasteiger partial charge on any atom is -0.0175 e. The molecule has 1 aliphatic carbocycles. The van der Waals surface area contributed by atoms with Crippen molar-refractivity contribution in [3.63, 3.8) is 0 Å². The Labute approximate surface area is 64.3 Å². The van der Waals surface area contributed by atoms with Crippen LogP contribution < -0.4 is 0 Å². The molecule has 0 spiro atoms. The quantitative estimate of drug-likeness (QED) is 0.525. The molecule has 10 heavy (non-hydrogen) atoms. The molecule has 0 aromatic carbocycles. The van der Waals surface area contributed by atoms with E-state index in [1.165, 1.54) is 18.4 Å². The van der Waals surface area contributed by atoms with Gasteiger partial charge in [0.25, 0.3) is 0 Å². The van der Waals surface area contributed by atoms with Crippen LogP contribution in [-0.2, 0) is 0 Å². The van der Waals surface area contributed by atoms with Crippen LogP contribution in [0.25, 0.3) is 0 Å². The van der Waals surface area contributed by atoms with E-state index >= 15 is 0 Å². The van der Waals surface area contributed by atoms with Crippen LogP contribution in [0.4, 0.5) is 0 Å². The Balaban J connectivity index is 2.31. The van der Waals surface area contributed by atoms with Crippen molar-refractivity contribution < 1.29 is 0 Å².